The van der Waals surface area contributed by atoms with E-state index in [1.807, 2.05) is 6.07 Å². The summed E-state index contributed by atoms with van der Waals surface area (Å²) >= 11 is 0. The Morgan fingerprint density at radius 3 is 2.36 bits per heavy atom. The summed E-state index contributed by atoms with van der Waals surface area (Å²) in [7, 11) is 4.51. The first-order valence-corrected chi connectivity index (χ1v) is 14.5. The molecule has 5 aromatic rings. The van der Waals surface area contributed by atoms with Gasteiger partial charge in [-0.05, 0) is 55.5 Å². The van der Waals surface area contributed by atoms with Crippen LogP contribution in [-0.4, -0.2) is 50.4 Å². The van der Waals surface area contributed by atoms with Crippen molar-refractivity contribution in [1.29, 1.82) is 0 Å². The third-order valence-corrected chi connectivity index (χ3v) is 8.21. The minimum atomic E-state index is -4.57. The molecule has 13 heteroatoms. The number of aromatic nitrogens is 6. The molecule has 4 heterocycles. The number of halogens is 3. The maximum Gasteiger partial charge on any atom is 0.434 e. The SMILES string of the molecule is COc1cc(Cn2c(=O)ccc3c(OC)nc(-c4c(OC)ncnc4C4CC4)cc32)ccc1-c1nc(C(F)(F)F)cn1C1CC1. The largest absolute Gasteiger partial charge is 0.496 e. The molecule has 1 aromatic carbocycles. The molecule has 0 spiro atoms. The van der Waals surface area contributed by atoms with E-state index < -0.39 is 11.9 Å². The summed E-state index contributed by atoms with van der Waals surface area (Å²) in [5.74, 6) is 1.52. The molecule has 0 radical (unpaired) electrons. The lowest BCUT2D eigenvalue weighted by atomic mass is 10.1. The predicted molar refractivity (Wildman–Crippen MR) is 159 cm³/mol. The van der Waals surface area contributed by atoms with Gasteiger partial charge >= 0.3 is 6.18 Å². The molecule has 232 valence electrons. The lowest BCUT2D eigenvalue weighted by molar-refractivity contribution is -0.140. The zero-order chi connectivity index (χ0) is 31.5. The van der Waals surface area contributed by atoms with Crippen LogP contribution >= 0.6 is 0 Å². The third kappa shape index (κ3) is 5.25. The average Bonchev–Trinajstić information content (AvgIpc) is 3.99. The topological polar surface area (TPSA) is 106 Å². The number of ether oxygens (including phenoxy) is 3. The molecule has 45 heavy (non-hydrogen) atoms. The number of hydrogen-bond acceptors (Lipinski definition) is 8. The Kier molecular flexibility index (Phi) is 6.98. The standard InChI is InChI=1S/C32H29F3N6O4/c1-43-24-12-17(4-9-21(24)29-39-25(32(33,34)35)15-40(29)19-7-8-19)14-41-23-13-22(38-30(44-2)20(23)10-11-26(41)42)27-28(18-5-6-18)36-16-37-31(27)45-3/h4,9-13,15-16,18-19H,5-8,14H2,1-3H3. The Labute approximate surface area is 255 Å². The van der Waals surface area contributed by atoms with Crippen LogP contribution in [-0.2, 0) is 12.7 Å². The Morgan fingerprint density at radius 2 is 1.69 bits per heavy atom. The van der Waals surface area contributed by atoms with Crippen LogP contribution in [0.1, 0.15) is 54.6 Å². The van der Waals surface area contributed by atoms with Gasteiger partial charge in [-0.15, -0.1) is 0 Å². The van der Waals surface area contributed by atoms with E-state index in [2.05, 4.69) is 15.0 Å². The van der Waals surface area contributed by atoms with E-state index in [-0.39, 0.29) is 29.9 Å². The third-order valence-electron chi connectivity index (χ3n) is 8.21. The normalized spacial score (nSPS) is 15.0. The van der Waals surface area contributed by atoms with Crippen molar-refractivity contribution >= 4 is 10.9 Å². The molecule has 0 saturated heterocycles. The molecule has 0 amide bonds. The number of pyridine rings is 2. The van der Waals surface area contributed by atoms with Crippen molar-refractivity contribution in [3.05, 3.63) is 76.2 Å². The molecular formula is C32H29F3N6O4. The minimum Gasteiger partial charge on any atom is -0.496 e. The maximum absolute atomic E-state index is 13.6. The van der Waals surface area contributed by atoms with Crippen LogP contribution in [0.15, 0.2) is 53.7 Å². The van der Waals surface area contributed by atoms with E-state index in [0.717, 1.165) is 37.6 Å². The van der Waals surface area contributed by atoms with Gasteiger partial charge in [0.25, 0.3) is 5.56 Å². The molecule has 2 aliphatic rings. The lowest BCUT2D eigenvalue weighted by Gasteiger charge is -2.17. The fourth-order valence-electron chi connectivity index (χ4n) is 5.71. The van der Waals surface area contributed by atoms with Crippen LogP contribution in [0.5, 0.6) is 17.5 Å². The number of hydrogen-bond donors (Lipinski definition) is 0. The predicted octanol–water partition coefficient (Wildman–Crippen LogP) is 6.02. The van der Waals surface area contributed by atoms with Crippen LogP contribution < -0.4 is 19.8 Å². The summed E-state index contributed by atoms with van der Waals surface area (Å²) in [6, 6.07) is 10.1. The Bertz CT molecular complexity index is 2000. The van der Waals surface area contributed by atoms with Crippen molar-refractivity contribution < 1.29 is 27.4 Å². The van der Waals surface area contributed by atoms with Crippen molar-refractivity contribution in [2.45, 2.75) is 50.4 Å². The molecule has 0 aliphatic heterocycles. The van der Waals surface area contributed by atoms with Gasteiger partial charge in [-0.1, -0.05) is 6.07 Å². The van der Waals surface area contributed by atoms with Gasteiger partial charge in [0.2, 0.25) is 11.8 Å². The van der Waals surface area contributed by atoms with Gasteiger partial charge in [0, 0.05) is 24.2 Å². The molecule has 0 bridgehead atoms. The Hall–Kier alpha value is -4.94. The monoisotopic (exact) mass is 618 g/mol. The van der Waals surface area contributed by atoms with E-state index in [1.165, 1.54) is 33.7 Å². The summed E-state index contributed by atoms with van der Waals surface area (Å²) in [4.78, 5) is 30.9. The van der Waals surface area contributed by atoms with Gasteiger partial charge in [-0.2, -0.15) is 13.2 Å². The van der Waals surface area contributed by atoms with Gasteiger partial charge in [0.15, 0.2) is 5.69 Å². The van der Waals surface area contributed by atoms with Crippen LogP contribution in [0.2, 0.25) is 0 Å². The van der Waals surface area contributed by atoms with Crippen molar-refractivity contribution in [1.82, 2.24) is 29.1 Å². The van der Waals surface area contributed by atoms with Gasteiger partial charge in [-0.3, -0.25) is 4.79 Å². The second kappa shape index (κ2) is 10.9. The molecule has 2 saturated carbocycles. The summed E-state index contributed by atoms with van der Waals surface area (Å²) < 4.78 is 60.8. The second-order valence-electron chi connectivity index (χ2n) is 11.2. The molecule has 0 unspecified atom stereocenters. The number of nitrogens with zero attached hydrogens (tertiary/aromatic N) is 6. The van der Waals surface area contributed by atoms with Crippen LogP contribution in [0.3, 0.4) is 0 Å². The van der Waals surface area contributed by atoms with Gasteiger partial charge in [0.05, 0.1) is 61.3 Å². The number of imidazole rings is 1. The lowest BCUT2D eigenvalue weighted by Crippen LogP contribution is -2.20. The van der Waals surface area contributed by atoms with Crippen molar-refractivity contribution in [2.24, 2.45) is 0 Å². The fraction of sp³-hybridized carbons (Fsp3) is 0.344. The molecule has 2 aliphatic carbocycles. The van der Waals surface area contributed by atoms with Crippen LogP contribution in [0, 0.1) is 0 Å². The van der Waals surface area contributed by atoms with E-state index in [9.17, 15) is 18.0 Å². The highest BCUT2D eigenvalue weighted by Gasteiger charge is 2.38. The minimum absolute atomic E-state index is 0.0332. The highest BCUT2D eigenvalue weighted by molar-refractivity contribution is 5.88. The van der Waals surface area contributed by atoms with E-state index >= 15 is 0 Å². The first-order valence-electron chi connectivity index (χ1n) is 14.5. The summed E-state index contributed by atoms with van der Waals surface area (Å²) in [6.07, 6.45) is 1.54. The number of rotatable bonds is 9. The molecule has 0 atom stereocenters. The quantitative estimate of drug-likeness (QED) is 0.197. The molecular weight excluding hydrogens is 589 g/mol. The molecule has 4 aromatic heterocycles. The van der Waals surface area contributed by atoms with Gasteiger partial charge < -0.3 is 23.3 Å². The molecule has 2 fully saturated rings. The molecule has 10 nitrogen and oxygen atoms in total. The first-order chi connectivity index (χ1) is 21.7. The molecule has 0 N–H and O–H groups in total. The second-order valence-corrected chi connectivity index (χ2v) is 11.2. The number of fused-ring (bicyclic) bond motifs is 1. The van der Waals surface area contributed by atoms with Crippen molar-refractivity contribution in [3.63, 3.8) is 0 Å². The molecule has 7 rings (SSSR count). The van der Waals surface area contributed by atoms with Gasteiger partial charge in [0.1, 0.15) is 17.9 Å². The summed E-state index contributed by atoms with van der Waals surface area (Å²) in [6.45, 7) is 0.141. The summed E-state index contributed by atoms with van der Waals surface area (Å²) in [5, 5.41) is 0.624. The van der Waals surface area contributed by atoms with Crippen molar-refractivity contribution in [3.8, 4) is 40.2 Å². The fourth-order valence-corrected chi connectivity index (χ4v) is 5.71. The van der Waals surface area contributed by atoms with Crippen LogP contribution in [0.25, 0.3) is 33.5 Å². The van der Waals surface area contributed by atoms with Crippen molar-refractivity contribution in [2.75, 3.05) is 21.3 Å². The first kappa shape index (κ1) is 28.8. The number of benzene rings is 1. The van der Waals surface area contributed by atoms with E-state index in [1.54, 1.807) is 33.4 Å². The van der Waals surface area contributed by atoms with E-state index in [4.69, 9.17) is 19.2 Å². The number of alkyl halides is 3. The zero-order valence-electron chi connectivity index (χ0n) is 24.8. The van der Waals surface area contributed by atoms with Crippen LogP contribution in [0.4, 0.5) is 13.2 Å². The highest BCUT2D eigenvalue weighted by atomic mass is 19.4. The number of methoxy groups -OCH3 is 3. The van der Waals surface area contributed by atoms with E-state index in [0.29, 0.717) is 50.8 Å². The zero-order valence-corrected chi connectivity index (χ0v) is 24.8. The maximum atomic E-state index is 13.6. The Balaban J connectivity index is 1.33. The average molecular weight is 619 g/mol. The van der Waals surface area contributed by atoms with Gasteiger partial charge in [-0.25, -0.2) is 19.9 Å². The summed E-state index contributed by atoms with van der Waals surface area (Å²) in [5.41, 5.74) is 2.50. The highest BCUT2D eigenvalue weighted by Crippen LogP contribution is 2.46. The Morgan fingerprint density at radius 1 is 0.911 bits per heavy atom. The smallest absolute Gasteiger partial charge is 0.434 e.